The molecule has 0 unspecified atom stereocenters. The van der Waals surface area contributed by atoms with Crippen LogP contribution in [0.5, 0.6) is 5.75 Å². The summed E-state index contributed by atoms with van der Waals surface area (Å²) in [5.41, 5.74) is 2.13. The van der Waals surface area contributed by atoms with Crippen molar-refractivity contribution in [2.75, 3.05) is 26.2 Å². The third kappa shape index (κ3) is 4.13. The van der Waals surface area contributed by atoms with Crippen LogP contribution in [0.2, 0.25) is 0 Å². The van der Waals surface area contributed by atoms with Crippen LogP contribution in [0.25, 0.3) is 0 Å². The van der Waals surface area contributed by atoms with Gasteiger partial charge >= 0.3 is 0 Å². The number of halogens is 2. The summed E-state index contributed by atoms with van der Waals surface area (Å²) < 4.78 is 6.41. The molecule has 84 valence electrons. The summed E-state index contributed by atoms with van der Waals surface area (Å²) in [5.74, 6) is 0.959. The van der Waals surface area contributed by atoms with Gasteiger partial charge in [0.2, 0.25) is 0 Å². The Morgan fingerprint density at radius 2 is 2.13 bits per heavy atom. The van der Waals surface area contributed by atoms with Crippen molar-refractivity contribution >= 4 is 31.9 Å². The van der Waals surface area contributed by atoms with E-state index in [2.05, 4.69) is 49.9 Å². The average Bonchev–Trinajstić information content (AvgIpc) is 2.26. The van der Waals surface area contributed by atoms with Crippen LogP contribution in [0.15, 0.2) is 22.7 Å². The molecule has 0 bridgehead atoms. The number of benzene rings is 1. The lowest BCUT2D eigenvalue weighted by Gasteiger charge is -2.14. The fraction of sp³-hybridized carbons (Fsp3) is 0.455. The van der Waals surface area contributed by atoms with Gasteiger partial charge in [0.05, 0.1) is 12.6 Å². The van der Waals surface area contributed by atoms with Gasteiger partial charge in [0.1, 0.15) is 5.75 Å². The molecule has 0 fully saturated rings. The molecule has 0 aliphatic rings. The highest BCUT2D eigenvalue weighted by Gasteiger charge is 2.04. The standard InChI is InChI=1S/C11H15Br2NO/c1-14(8-12)6-5-9-7-10(13)3-4-11(9)15-2/h3-4,7H,5-6,8H2,1-2H3. The molecule has 0 spiro atoms. The molecule has 0 saturated carbocycles. The maximum Gasteiger partial charge on any atom is 0.122 e. The number of alkyl halides is 1. The molecule has 4 heteroatoms. The second-order valence-electron chi connectivity index (χ2n) is 3.41. The largest absolute Gasteiger partial charge is 0.496 e. The number of hydrogen-bond donors (Lipinski definition) is 0. The quantitative estimate of drug-likeness (QED) is 0.604. The van der Waals surface area contributed by atoms with Crippen LogP contribution in [0.1, 0.15) is 5.56 Å². The minimum Gasteiger partial charge on any atom is -0.496 e. The molecule has 0 N–H and O–H groups in total. The third-order valence-corrected chi connectivity index (χ3v) is 3.56. The van der Waals surface area contributed by atoms with Crippen LogP contribution < -0.4 is 4.74 Å². The normalized spacial score (nSPS) is 10.7. The summed E-state index contributed by atoms with van der Waals surface area (Å²) in [6, 6.07) is 6.10. The van der Waals surface area contributed by atoms with Crippen molar-refractivity contribution < 1.29 is 4.74 Å². The molecule has 0 aliphatic heterocycles. The fourth-order valence-electron chi connectivity index (χ4n) is 1.31. The molecule has 15 heavy (non-hydrogen) atoms. The molecule has 0 aliphatic carbocycles. The summed E-state index contributed by atoms with van der Waals surface area (Å²) in [4.78, 5) is 2.21. The van der Waals surface area contributed by atoms with E-state index in [0.29, 0.717) is 0 Å². The van der Waals surface area contributed by atoms with Crippen LogP contribution in [0.3, 0.4) is 0 Å². The van der Waals surface area contributed by atoms with Crippen molar-refractivity contribution in [3.63, 3.8) is 0 Å². The molecule has 2 nitrogen and oxygen atoms in total. The minimum absolute atomic E-state index is 0.892. The van der Waals surface area contributed by atoms with Gasteiger partial charge in [-0.05, 0) is 37.2 Å². The smallest absolute Gasteiger partial charge is 0.122 e. The first-order valence-electron chi connectivity index (χ1n) is 4.74. The van der Waals surface area contributed by atoms with Gasteiger partial charge in [-0.25, -0.2) is 0 Å². The number of ether oxygens (including phenoxy) is 1. The van der Waals surface area contributed by atoms with Gasteiger partial charge in [-0.1, -0.05) is 31.9 Å². The minimum atomic E-state index is 0.892. The molecule has 0 atom stereocenters. The van der Waals surface area contributed by atoms with Gasteiger partial charge < -0.3 is 4.74 Å². The number of likely N-dealkylation sites (N-methyl/N-ethyl adjacent to an activating group) is 1. The van der Waals surface area contributed by atoms with Gasteiger partial charge in [-0.3, -0.25) is 4.90 Å². The van der Waals surface area contributed by atoms with E-state index >= 15 is 0 Å². The fourth-order valence-corrected chi connectivity index (χ4v) is 1.97. The monoisotopic (exact) mass is 335 g/mol. The topological polar surface area (TPSA) is 12.5 Å². The highest BCUT2D eigenvalue weighted by atomic mass is 79.9. The second kappa shape index (κ2) is 6.51. The maximum atomic E-state index is 5.32. The van der Waals surface area contributed by atoms with E-state index in [-0.39, 0.29) is 0 Å². The molecule has 0 saturated heterocycles. The Morgan fingerprint density at radius 1 is 1.40 bits per heavy atom. The Hall–Kier alpha value is -0.0600. The van der Waals surface area contributed by atoms with E-state index < -0.39 is 0 Å². The van der Waals surface area contributed by atoms with E-state index in [4.69, 9.17) is 4.74 Å². The van der Waals surface area contributed by atoms with E-state index in [1.165, 1.54) is 5.56 Å². The van der Waals surface area contributed by atoms with Gasteiger partial charge in [-0.2, -0.15) is 0 Å². The highest BCUT2D eigenvalue weighted by molar-refractivity contribution is 9.10. The summed E-state index contributed by atoms with van der Waals surface area (Å²) in [5, 5.41) is 0. The van der Waals surface area contributed by atoms with Gasteiger partial charge in [0.25, 0.3) is 0 Å². The van der Waals surface area contributed by atoms with Crippen molar-refractivity contribution in [3.05, 3.63) is 28.2 Å². The van der Waals surface area contributed by atoms with Crippen LogP contribution in [-0.2, 0) is 6.42 Å². The summed E-state index contributed by atoms with van der Waals surface area (Å²) in [7, 11) is 3.79. The van der Waals surface area contributed by atoms with E-state index in [0.717, 1.165) is 28.6 Å². The molecule has 0 heterocycles. The molecule has 0 radical (unpaired) electrons. The Labute approximate surface area is 108 Å². The Morgan fingerprint density at radius 3 is 2.73 bits per heavy atom. The van der Waals surface area contributed by atoms with E-state index in [1.807, 2.05) is 12.1 Å². The number of methoxy groups -OCH3 is 1. The molecule has 0 amide bonds. The highest BCUT2D eigenvalue weighted by Crippen LogP contribution is 2.23. The number of rotatable bonds is 5. The Kier molecular flexibility index (Phi) is 5.64. The summed E-state index contributed by atoms with van der Waals surface area (Å²) in [6.45, 7) is 1.01. The summed E-state index contributed by atoms with van der Waals surface area (Å²) in [6.07, 6.45) is 0.991. The van der Waals surface area contributed by atoms with Crippen molar-refractivity contribution in [2.45, 2.75) is 6.42 Å². The predicted molar refractivity (Wildman–Crippen MR) is 70.8 cm³/mol. The molecular formula is C11H15Br2NO. The van der Waals surface area contributed by atoms with E-state index in [1.54, 1.807) is 7.11 Å². The van der Waals surface area contributed by atoms with Gasteiger partial charge in [-0.15, -0.1) is 0 Å². The van der Waals surface area contributed by atoms with Crippen LogP contribution in [0.4, 0.5) is 0 Å². The predicted octanol–water partition coefficient (Wildman–Crippen LogP) is 3.28. The van der Waals surface area contributed by atoms with Crippen LogP contribution in [0, 0.1) is 0 Å². The lowest BCUT2D eigenvalue weighted by molar-refractivity contribution is 0.386. The van der Waals surface area contributed by atoms with Crippen LogP contribution in [-0.4, -0.2) is 31.1 Å². The zero-order valence-electron chi connectivity index (χ0n) is 8.96. The van der Waals surface area contributed by atoms with Crippen molar-refractivity contribution in [1.82, 2.24) is 4.90 Å². The van der Waals surface area contributed by atoms with Gasteiger partial charge in [0.15, 0.2) is 0 Å². The van der Waals surface area contributed by atoms with Crippen molar-refractivity contribution in [2.24, 2.45) is 0 Å². The van der Waals surface area contributed by atoms with Gasteiger partial charge in [0, 0.05) is 11.0 Å². The SMILES string of the molecule is COc1ccc(Br)cc1CCN(C)CBr. The van der Waals surface area contributed by atoms with Crippen molar-refractivity contribution in [3.8, 4) is 5.75 Å². The molecule has 1 aromatic rings. The van der Waals surface area contributed by atoms with Crippen LogP contribution >= 0.6 is 31.9 Å². The molecular weight excluding hydrogens is 322 g/mol. The number of hydrogen-bond acceptors (Lipinski definition) is 2. The third-order valence-electron chi connectivity index (χ3n) is 2.21. The maximum absolute atomic E-state index is 5.32. The Bertz CT molecular complexity index is 317. The first kappa shape index (κ1) is 13.0. The second-order valence-corrected chi connectivity index (χ2v) is 4.82. The summed E-state index contributed by atoms with van der Waals surface area (Å²) >= 11 is 6.89. The average molecular weight is 337 g/mol. The lowest BCUT2D eigenvalue weighted by Crippen LogP contribution is -2.19. The number of nitrogens with zero attached hydrogens (tertiary/aromatic N) is 1. The van der Waals surface area contributed by atoms with Crippen molar-refractivity contribution in [1.29, 1.82) is 0 Å². The lowest BCUT2D eigenvalue weighted by atomic mass is 10.1. The zero-order valence-corrected chi connectivity index (χ0v) is 12.1. The molecule has 1 rings (SSSR count). The first-order valence-corrected chi connectivity index (χ1v) is 6.65. The zero-order chi connectivity index (χ0) is 11.3. The van der Waals surface area contributed by atoms with E-state index in [9.17, 15) is 0 Å². The molecule has 0 aromatic heterocycles. The molecule has 1 aromatic carbocycles. The first-order chi connectivity index (χ1) is 7.17. The Balaban J connectivity index is 2.69.